The van der Waals surface area contributed by atoms with Crippen LogP contribution in [0.1, 0.15) is 11.3 Å². The lowest BCUT2D eigenvalue weighted by molar-refractivity contribution is 0.285. The zero-order valence-electron chi connectivity index (χ0n) is 18.0. The van der Waals surface area contributed by atoms with Crippen molar-refractivity contribution in [3.8, 4) is 11.5 Å². The molecule has 8 nitrogen and oxygen atoms in total. The van der Waals surface area contributed by atoms with Crippen LogP contribution in [0.5, 0.6) is 11.5 Å². The van der Waals surface area contributed by atoms with Crippen molar-refractivity contribution < 1.29 is 13.7 Å². The van der Waals surface area contributed by atoms with Gasteiger partial charge in [0.25, 0.3) is 0 Å². The number of pyridine rings is 1. The molecule has 0 aliphatic heterocycles. The van der Waals surface area contributed by atoms with Crippen molar-refractivity contribution in [2.45, 2.75) is 18.4 Å². The molecule has 0 bridgehead atoms. The molecule has 2 aromatic carbocycles. The molecule has 0 saturated heterocycles. The van der Waals surface area contributed by atoms with E-state index in [1.54, 1.807) is 37.6 Å². The van der Waals surface area contributed by atoms with Crippen molar-refractivity contribution in [1.82, 2.24) is 15.0 Å². The molecule has 0 spiro atoms. The standard InChI is InChI=1S/C23H23N5O3S/c1-15-9-17(7-8-25-15)28-23-19-11-21(30-2)22(12-20(19)26-14-27-23)31-13-16-5-4-6-18(10-16)32(3,24)29/h4-12,14,24H,13H2,1-3H3,(H,25,26,27,28). The molecule has 0 amide bonds. The van der Waals surface area contributed by atoms with Gasteiger partial charge >= 0.3 is 0 Å². The van der Waals surface area contributed by atoms with Gasteiger partial charge in [-0.1, -0.05) is 12.1 Å². The molecule has 1 unspecified atom stereocenters. The fraction of sp³-hybridized carbons (Fsp3) is 0.174. The van der Waals surface area contributed by atoms with E-state index in [9.17, 15) is 4.21 Å². The minimum Gasteiger partial charge on any atom is -0.493 e. The third-order valence-corrected chi connectivity index (χ3v) is 5.98. The van der Waals surface area contributed by atoms with Gasteiger partial charge in [-0.2, -0.15) is 0 Å². The Morgan fingerprint density at radius 2 is 1.91 bits per heavy atom. The van der Waals surface area contributed by atoms with E-state index < -0.39 is 9.73 Å². The Morgan fingerprint density at radius 1 is 1.06 bits per heavy atom. The normalized spacial score (nSPS) is 12.8. The molecule has 32 heavy (non-hydrogen) atoms. The predicted molar refractivity (Wildman–Crippen MR) is 124 cm³/mol. The lowest BCUT2D eigenvalue weighted by Gasteiger charge is -2.14. The first-order chi connectivity index (χ1) is 15.3. The maximum Gasteiger partial charge on any atom is 0.163 e. The van der Waals surface area contributed by atoms with Crippen LogP contribution in [0.25, 0.3) is 10.9 Å². The van der Waals surface area contributed by atoms with Crippen LogP contribution in [-0.4, -0.2) is 32.5 Å². The second kappa shape index (κ2) is 8.80. The lowest BCUT2D eigenvalue weighted by Crippen LogP contribution is -2.02. The van der Waals surface area contributed by atoms with Crippen molar-refractivity contribution >= 4 is 32.1 Å². The first-order valence-electron chi connectivity index (χ1n) is 9.81. The average Bonchev–Trinajstić information content (AvgIpc) is 2.77. The van der Waals surface area contributed by atoms with Crippen LogP contribution < -0.4 is 14.8 Å². The molecule has 164 valence electrons. The molecule has 1 atom stereocenters. The Balaban J connectivity index is 1.63. The second-order valence-electron chi connectivity index (χ2n) is 7.33. The summed E-state index contributed by atoms with van der Waals surface area (Å²) < 4.78 is 31.3. The summed E-state index contributed by atoms with van der Waals surface area (Å²) in [5.41, 5.74) is 3.28. The molecule has 2 N–H and O–H groups in total. The van der Waals surface area contributed by atoms with Crippen molar-refractivity contribution in [2.24, 2.45) is 0 Å². The molecule has 0 saturated carbocycles. The number of benzene rings is 2. The van der Waals surface area contributed by atoms with Crippen LogP contribution in [0.4, 0.5) is 11.5 Å². The number of fused-ring (bicyclic) bond motifs is 1. The third kappa shape index (κ3) is 4.78. The summed E-state index contributed by atoms with van der Waals surface area (Å²) in [6.45, 7) is 2.16. The van der Waals surface area contributed by atoms with E-state index in [1.165, 1.54) is 12.6 Å². The van der Waals surface area contributed by atoms with Gasteiger partial charge in [-0.3, -0.25) is 4.98 Å². The van der Waals surface area contributed by atoms with Crippen molar-refractivity contribution in [3.63, 3.8) is 0 Å². The highest BCUT2D eigenvalue weighted by atomic mass is 32.2. The van der Waals surface area contributed by atoms with Gasteiger partial charge in [-0.15, -0.1) is 0 Å². The molecule has 9 heteroatoms. The minimum atomic E-state index is -2.79. The zero-order chi connectivity index (χ0) is 22.7. The molecular formula is C23H23N5O3S. The highest BCUT2D eigenvalue weighted by Crippen LogP contribution is 2.35. The van der Waals surface area contributed by atoms with Crippen molar-refractivity contribution in [3.05, 3.63) is 72.3 Å². The number of aryl methyl sites for hydroxylation is 1. The molecule has 0 radical (unpaired) electrons. The number of nitrogens with one attached hydrogen (secondary N) is 2. The Morgan fingerprint density at radius 3 is 2.66 bits per heavy atom. The summed E-state index contributed by atoms with van der Waals surface area (Å²) in [6.07, 6.45) is 4.63. The monoisotopic (exact) mass is 449 g/mol. The van der Waals surface area contributed by atoms with Gasteiger partial charge in [0, 0.05) is 40.2 Å². The van der Waals surface area contributed by atoms with Crippen LogP contribution in [0, 0.1) is 11.7 Å². The smallest absolute Gasteiger partial charge is 0.163 e. The second-order valence-corrected chi connectivity index (χ2v) is 9.49. The topological polar surface area (TPSA) is 110 Å². The minimum absolute atomic E-state index is 0.234. The Hall–Kier alpha value is -3.72. The first-order valence-corrected chi connectivity index (χ1v) is 11.8. The number of hydrogen-bond acceptors (Lipinski definition) is 8. The maximum atomic E-state index is 12.0. The van der Waals surface area contributed by atoms with Gasteiger partial charge in [0.2, 0.25) is 0 Å². The van der Waals surface area contributed by atoms with E-state index >= 15 is 0 Å². The van der Waals surface area contributed by atoms with Gasteiger partial charge in [-0.05, 0) is 42.8 Å². The average molecular weight is 450 g/mol. The molecule has 4 rings (SSSR count). The number of methoxy groups -OCH3 is 1. The summed E-state index contributed by atoms with van der Waals surface area (Å²) in [7, 11) is -1.22. The molecule has 0 aliphatic carbocycles. The van der Waals surface area contributed by atoms with E-state index in [0.29, 0.717) is 27.7 Å². The number of rotatable bonds is 7. The Bertz CT molecular complexity index is 1390. The van der Waals surface area contributed by atoms with E-state index in [4.69, 9.17) is 14.3 Å². The predicted octanol–water partition coefficient (Wildman–Crippen LogP) is 4.70. The van der Waals surface area contributed by atoms with Crippen LogP contribution in [0.15, 0.2) is 66.0 Å². The first kappa shape index (κ1) is 21.5. The van der Waals surface area contributed by atoms with Gasteiger partial charge in [-0.25, -0.2) is 19.0 Å². The molecule has 0 aliphatic rings. The molecule has 2 aromatic heterocycles. The number of ether oxygens (including phenoxy) is 2. The SMILES string of the molecule is COc1cc2c(Nc3ccnc(C)c3)ncnc2cc1OCc1cccc(S(C)(=N)=O)c1. The largest absolute Gasteiger partial charge is 0.493 e. The Kier molecular flexibility index (Phi) is 5.91. The maximum absolute atomic E-state index is 12.0. The van der Waals surface area contributed by atoms with Crippen molar-refractivity contribution in [1.29, 1.82) is 4.78 Å². The summed E-state index contributed by atoms with van der Waals surface area (Å²) in [6, 6.07) is 14.5. The van der Waals surface area contributed by atoms with Crippen molar-refractivity contribution in [2.75, 3.05) is 18.7 Å². The van der Waals surface area contributed by atoms with Gasteiger partial charge in [0.15, 0.2) is 11.5 Å². The van der Waals surface area contributed by atoms with Crippen LogP contribution in [0.2, 0.25) is 0 Å². The summed E-state index contributed by atoms with van der Waals surface area (Å²) in [5.74, 6) is 1.71. The van der Waals surface area contributed by atoms with Crippen LogP contribution >= 0.6 is 0 Å². The Labute approximate surface area is 186 Å². The number of aromatic nitrogens is 3. The number of anilines is 2. The highest BCUT2D eigenvalue weighted by Gasteiger charge is 2.13. The van der Waals surface area contributed by atoms with E-state index in [0.717, 1.165) is 22.3 Å². The molecule has 0 fully saturated rings. The molecule has 2 heterocycles. The summed E-state index contributed by atoms with van der Waals surface area (Å²) >= 11 is 0. The van der Waals surface area contributed by atoms with Crippen LogP contribution in [-0.2, 0) is 16.3 Å². The zero-order valence-corrected chi connectivity index (χ0v) is 18.8. The van der Waals surface area contributed by atoms with Crippen LogP contribution in [0.3, 0.4) is 0 Å². The fourth-order valence-electron chi connectivity index (χ4n) is 3.23. The summed E-state index contributed by atoms with van der Waals surface area (Å²) in [4.78, 5) is 13.4. The third-order valence-electron chi connectivity index (χ3n) is 4.82. The quantitative estimate of drug-likeness (QED) is 0.421. The number of nitrogens with zero attached hydrogens (tertiary/aromatic N) is 3. The van der Waals surface area contributed by atoms with Gasteiger partial charge < -0.3 is 14.8 Å². The van der Waals surface area contributed by atoms with Gasteiger partial charge in [0.05, 0.1) is 22.4 Å². The number of hydrogen-bond donors (Lipinski definition) is 2. The summed E-state index contributed by atoms with van der Waals surface area (Å²) in [5, 5.41) is 4.09. The van der Waals surface area contributed by atoms with E-state index in [-0.39, 0.29) is 6.61 Å². The molecular weight excluding hydrogens is 426 g/mol. The molecule has 4 aromatic rings. The highest BCUT2D eigenvalue weighted by molar-refractivity contribution is 7.91. The van der Waals surface area contributed by atoms with E-state index in [1.807, 2.05) is 31.2 Å². The van der Waals surface area contributed by atoms with Gasteiger partial charge in [0.1, 0.15) is 18.8 Å². The fourth-order valence-corrected chi connectivity index (χ4v) is 3.95. The lowest BCUT2D eigenvalue weighted by atomic mass is 10.2. The van der Waals surface area contributed by atoms with E-state index in [2.05, 4.69) is 20.3 Å².